The Labute approximate surface area is 151 Å². The van der Waals surface area contributed by atoms with E-state index >= 15 is 0 Å². The van der Waals surface area contributed by atoms with Crippen molar-refractivity contribution in [1.29, 1.82) is 0 Å². The van der Waals surface area contributed by atoms with Crippen molar-refractivity contribution in [3.8, 4) is 0 Å². The van der Waals surface area contributed by atoms with E-state index in [1.807, 2.05) is 6.07 Å². The maximum atomic E-state index is 11.2. The highest BCUT2D eigenvalue weighted by molar-refractivity contribution is 7.90. The molecule has 1 aliphatic heterocycles. The van der Waals surface area contributed by atoms with Crippen molar-refractivity contribution in [3.63, 3.8) is 0 Å². The van der Waals surface area contributed by atoms with Crippen molar-refractivity contribution in [2.24, 2.45) is 4.99 Å². The Morgan fingerprint density at radius 1 is 1.32 bits per heavy atom. The van der Waals surface area contributed by atoms with Crippen LogP contribution >= 0.6 is 0 Å². The van der Waals surface area contributed by atoms with Gasteiger partial charge in [-0.25, -0.2) is 8.42 Å². The number of nitrogens with one attached hydrogen (secondary N) is 2. The smallest absolute Gasteiger partial charge is 0.191 e. The number of guanidine groups is 1. The van der Waals surface area contributed by atoms with Gasteiger partial charge >= 0.3 is 0 Å². The highest BCUT2D eigenvalue weighted by atomic mass is 32.2. The molecule has 1 aromatic carbocycles. The first-order chi connectivity index (χ1) is 11.9. The zero-order valence-corrected chi connectivity index (χ0v) is 16.2. The van der Waals surface area contributed by atoms with Gasteiger partial charge in [-0.05, 0) is 25.3 Å². The summed E-state index contributed by atoms with van der Waals surface area (Å²) in [4.78, 5) is 6.72. The fourth-order valence-corrected chi connectivity index (χ4v) is 3.84. The molecular weight excluding hydrogens is 336 g/mol. The molecule has 1 heterocycles. The molecule has 140 valence electrons. The van der Waals surface area contributed by atoms with Crippen LogP contribution in [-0.2, 0) is 16.4 Å². The highest BCUT2D eigenvalue weighted by Crippen LogP contribution is 2.20. The predicted octanol–water partition coefficient (Wildman–Crippen LogP) is 1.25. The molecule has 0 spiro atoms. The Hall–Kier alpha value is -1.60. The lowest BCUT2D eigenvalue weighted by Gasteiger charge is -2.21. The van der Waals surface area contributed by atoms with E-state index in [1.165, 1.54) is 11.8 Å². The van der Waals surface area contributed by atoms with E-state index in [-0.39, 0.29) is 5.75 Å². The van der Waals surface area contributed by atoms with Crippen LogP contribution in [0.25, 0.3) is 0 Å². The molecule has 1 saturated heterocycles. The van der Waals surface area contributed by atoms with Crippen molar-refractivity contribution < 1.29 is 8.42 Å². The largest absolute Gasteiger partial charge is 0.356 e. The summed E-state index contributed by atoms with van der Waals surface area (Å²) in [6, 6.07) is 11.4. The second-order valence-corrected chi connectivity index (χ2v) is 9.08. The van der Waals surface area contributed by atoms with Gasteiger partial charge in [0.05, 0.1) is 5.75 Å². The molecule has 2 rings (SSSR count). The van der Waals surface area contributed by atoms with E-state index in [2.05, 4.69) is 51.7 Å². The van der Waals surface area contributed by atoms with Gasteiger partial charge in [0.15, 0.2) is 5.96 Å². The SMILES string of the molecule is CN=C(NCCCS(C)(=O)=O)NC1CC(C)N(Cc2ccccc2)C1. The molecular formula is C18H30N4O2S. The van der Waals surface area contributed by atoms with Crippen LogP contribution in [0.15, 0.2) is 35.3 Å². The molecule has 0 saturated carbocycles. The number of benzene rings is 1. The third-order valence-corrected chi connectivity index (χ3v) is 5.51. The van der Waals surface area contributed by atoms with Gasteiger partial charge in [0.1, 0.15) is 9.84 Å². The first-order valence-corrected chi connectivity index (χ1v) is 10.9. The average molecular weight is 367 g/mol. The van der Waals surface area contributed by atoms with Gasteiger partial charge in [-0.15, -0.1) is 0 Å². The zero-order valence-electron chi connectivity index (χ0n) is 15.4. The first kappa shape index (κ1) is 19.7. The van der Waals surface area contributed by atoms with Crippen LogP contribution in [0.3, 0.4) is 0 Å². The number of aliphatic imine (C=N–C) groups is 1. The summed E-state index contributed by atoms with van der Waals surface area (Å²) in [5.74, 6) is 0.940. The molecule has 0 amide bonds. The fraction of sp³-hybridized carbons (Fsp3) is 0.611. The standard InChI is InChI=1S/C18H30N4O2S/c1-15-12-17(14-22(15)13-16-8-5-4-6-9-16)21-18(19-2)20-10-7-11-25(3,23)24/h4-6,8-9,15,17H,7,10-14H2,1-3H3,(H2,19,20,21). The minimum absolute atomic E-state index is 0.197. The van der Waals surface area contributed by atoms with Gasteiger partial charge in [0.25, 0.3) is 0 Å². The quantitative estimate of drug-likeness (QED) is 0.432. The second kappa shape index (κ2) is 9.20. The van der Waals surface area contributed by atoms with Gasteiger partial charge in [0.2, 0.25) is 0 Å². The van der Waals surface area contributed by atoms with Crippen LogP contribution in [0.2, 0.25) is 0 Å². The van der Waals surface area contributed by atoms with Gasteiger partial charge in [0, 0.05) is 45.0 Å². The molecule has 6 nitrogen and oxygen atoms in total. The van der Waals surface area contributed by atoms with Gasteiger partial charge in [-0.1, -0.05) is 30.3 Å². The molecule has 0 bridgehead atoms. The number of hydrogen-bond donors (Lipinski definition) is 2. The normalized spacial score (nSPS) is 22.1. The number of likely N-dealkylation sites (tertiary alicyclic amines) is 1. The number of nitrogens with zero attached hydrogens (tertiary/aromatic N) is 2. The lowest BCUT2D eigenvalue weighted by Crippen LogP contribution is -2.45. The Kier molecular flexibility index (Phi) is 7.25. The van der Waals surface area contributed by atoms with Crippen LogP contribution in [-0.4, -0.2) is 63.5 Å². The summed E-state index contributed by atoms with van der Waals surface area (Å²) >= 11 is 0. The third kappa shape index (κ3) is 7.04. The Morgan fingerprint density at radius 2 is 2.04 bits per heavy atom. The first-order valence-electron chi connectivity index (χ1n) is 8.80. The summed E-state index contributed by atoms with van der Waals surface area (Å²) in [5, 5.41) is 6.66. The molecule has 0 radical (unpaired) electrons. The monoisotopic (exact) mass is 366 g/mol. The molecule has 1 aromatic rings. The summed E-state index contributed by atoms with van der Waals surface area (Å²) in [5.41, 5.74) is 1.33. The minimum Gasteiger partial charge on any atom is -0.356 e. The molecule has 2 atom stereocenters. The van der Waals surface area contributed by atoms with Crippen molar-refractivity contribution >= 4 is 15.8 Å². The zero-order chi connectivity index (χ0) is 18.3. The van der Waals surface area contributed by atoms with E-state index in [9.17, 15) is 8.42 Å². The third-order valence-electron chi connectivity index (χ3n) is 4.48. The number of sulfone groups is 1. The van der Waals surface area contributed by atoms with Gasteiger partial charge in [-0.2, -0.15) is 0 Å². The fourth-order valence-electron chi connectivity index (χ4n) is 3.17. The lowest BCUT2D eigenvalue weighted by molar-refractivity contribution is 0.258. The summed E-state index contributed by atoms with van der Waals surface area (Å²) in [6.07, 6.45) is 2.92. The summed E-state index contributed by atoms with van der Waals surface area (Å²) in [6.45, 7) is 4.79. The minimum atomic E-state index is -2.90. The topological polar surface area (TPSA) is 73.8 Å². The van der Waals surface area contributed by atoms with Crippen LogP contribution in [0.4, 0.5) is 0 Å². The number of hydrogen-bond acceptors (Lipinski definition) is 4. The molecule has 1 fully saturated rings. The van der Waals surface area contributed by atoms with Crippen LogP contribution in [0.5, 0.6) is 0 Å². The van der Waals surface area contributed by atoms with Crippen molar-refractivity contribution in [2.45, 2.75) is 38.4 Å². The summed E-state index contributed by atoms with van der Waals surface area (Å²) < 4.78 is 22.3. The maximum absolute atomic E-state index is 11.2. The van der Waals surface area contributed by atoms with Gasteiger partial charge in [-0.3, -0.25) is 9.89 Å². The van der Waals surface area contributed by atoms with Crippen LogP contribution in [0, 0.1) is 0 Å². The molecule has 0 aromatic heterocycles. The molecule has 0 aliphatic carbocycles. The van der Waals surface area contributed by atoms with Crippen LogP contribution in [0.1, 0.15) is 25.3 Å². The molecule has 7 heteroatoms. The Morgan fingerprint density at radius 3 is 2.68 bits per heavy atom. The average Bonchev–Trinajstić information content (AvgIpc) is 2.90. The van der Waals surface area contributed by atoms with E-state index in [4.69, 9.17) is 0 Å². The lowest BCUT2D eigenvalue weighted by atomic mass is 10.2. The molecule has 25 heavy (non-hydrogen) atoms. The second-order valence-electron chi connectivity index (χ2n) is 6.82. The molecule has 1 aliphatic rings. The Balaban J connectivity index is 1.77. The van der Waals surface area contributed by atoms with E-state index in [1.54, 1.807) is 7.05 Å². The van der Waals surface area contributed by atoms with E-state index in [0.717, 1.165) is 25.5 Å². The predicted molar refractivity (Wildman–Crippen MR) is 104 cm³/mol. The summed E-state index contributed by atoms with van der Waals surface area (Å²) in [7, 11) is -1.16. The van der Waals surface area contributed by atoms with E-state index < -0.39 is 9.84 Å². The van der Waals surface area contributed by atoms with E-state index in [0.29, 0.717) is 25.0 Å². The highest BCUT2D eigenvalue weighted by Gasteiger charge is 2.29. The van der Waals surface area contributed by atoms with Crippen LogP contribution < -0.4 is 10.6 Å². The number of rotatable bonds is 7. The molecule has 2 N–H and O–H groups in total. The molecule has 2 unspecified atom stereocenters. The van der Waals surface area contributed by atoms with Gasteiger partial charge < -0.3 is 10.6 Å². The Bertz CT molecular complexity index is 661. The van der Waals surface area contributed by atoms with Crippen molar-refractivity contribution in [3.05, 3.63) is 35.9 Å². The maximum Gasteiger partial charge on any atom is 0.191 e. The van der Waals surface area contributed by atoms with Crippen molar-refractivity contribution in [2.75, 3.05) is 32.1 Å². The van der Waals surface area contributed by atoms with Crippen molar-refractivity contribution in [1.82, 2.24) is 15.5 Å².